The van der Waals surface area contributed by atoms with Crippen LogP contribution in [0.25, 0.3) is 10.2 Å². The van der Waals surface area contributed by atoms with Crippen molar-refractivity contribution in [3.05, 3.63) is 81.5 Å². The van der Waals surface area contributed by atoms with E-state index >= 15 is 0 Å². The maximum atomic E-state index is 12.9. The lowest BCUT2D eigenvalue weighted by Crippen LogP contribution is -2.25. The van der Waals surface area contributed by atoms with Crippen molar-refractivity contribution in [2.75, 3.05) is 7.11 Å². The van der Waals surface area contributed by atoms with Crippen LogP contribution in [0, 0.1) is 0 Å². The Labute approximate surface area is 175 Å². The fourth-order valence-electron chi connectivity index (χ4n) is 3.06. The Balaban J connectivity index is 1.62. The summed E-state index contributed by atoms with van der Waals surface area (Å²) in [5, 5.41) is 3.01. The lowest BCUT2D eigenvalue weighted by atomic mass is 10.2. The molecule has 28 heavy (non-hydrogen) atoms. The van der Waals surface area contributed by atoms with Gasteiger partial charge in [0, 0.05) is 25.5 Å². The highest BCUT2D eigenvalue weighted by Gasteiger charge is 2.18. The van der Waals surface area contributed by atoms with Crippen molar-refractivity contribution >= 4 is 43.4 Å². The summed E-state index contributed by atoms with van der Waals surface area (Å²) in [7, 11) is 1.65. The number of hydrogen-bond donors (Lipinski definition) is 1. The Hall–Kier alpha value is -2.64. The summed E-state index contributed by atoms with van der Waals surface area (Å²) in [6.07, 6.45) is 3.45. The van der Waals surface area contributed by atoms with Crippen LogP contribution in [0.15, 0.2) is 64.7 Å². The Morgan fingerprint density at radius 3 is 2.61 bits per heavy atom. The smallest absolute Gasteiger partial charge is 0.268 e. The molecule has 1 amide bonds. The predicted molar refractivity (Wildman–Crippen MR) is 115 cm³/mol. The van der Waals surface area contributed by atoms with Gasteiger partial charge in [0.2, 0.25) is 0 Å². The molecule has 4 aromatic rings. The number of hydrogen-bond acceptors (Lipinski definition) is 4. The number of nitrogens with one attached hydrogen (secondary N) is 1. The normalized spacial score (nSPS) is 10.9. The molecule has 3 aromatic heterocycles. The Bertz CT molecular complexity index is 1100. The lowest BCUT2D eigenvalue weighted by Gasteiger charge is -2.11. The van der Waals surface area contributed by atoms with Crippen molar-refractivity contribution in [3.8, 4) is 5.75 Å². The molecule has 142 valence electrons. The number of carbonyl (C=O) groups is 1. The number of amides is 1. The van der Waals surface area contributed by atoms with E-state index in [1.807, 2.05) is 42.5 Å². The maximum absolute atomic E-state index is 12.9. The first-order chi connectivity index (χ1) is 13.6. The second-order valence-corrected chi connectivity index (χ2v) is 8.76. The van der Waals surface area contributed by atoms with Crippen LogP contribution in [0.4, 0.5) is 0 Å². The largest absolute Gasteiger partial charge is 0.497 e. The highest BCUT2D eigenvalue weighted by Crippen LogP contribution is 2.33. The molecule has 0 atom stereocenters. The van der Waals surface area contributed by atoms with Gasteiger partial charge in [0.15, 0.2) is 0 Å². The standard InChI is InChI=1S/C21H18BrN3O2S/c1-27-16-4-2-15(3-5-16)13-25-17-11-20(22)28-19(17)10-18(25)21(26)24-12-14-6-8-23-9-7-14/h2-11H,12-13H2,1H3,(H,24,26). The lowest BCUT2D eigenvalue weighted by molar-refractivity contribution is 0.0942. The minimum atomic E-state index is -0.0927. The molecule has 3 heterocycles. The van der Waals surface area contributed by atoms with Crippen LogP contribution < -0.4 is 10.1 Å². The molecule has 0 saturated carbocycles. The quantitative estimate of drug-likeness (QED) is 0.452. The maximum Gasteiger partial charge on any atom is 0.268 e. The third-order valence-corrected chi connectivity index (χ3v) is 6.07. The minimum Gasteiger partial charge on any atom is -0.497 e. The minimum absolute atomic E-state index is 0.0927. The zero-order valence-electron chi connectivity index (χ0n) is 15.2. The second-order valence-electron chi connectivity index (χ2n) is 6.30. The zero-order valence-corrected chi connectivity index (χ0v) is 17.6. The first-order valence-corrected chi connectivity index (χ1v) is 10.3. The number of nitrogens with zero attached hydrogens (tertiary/aromatic N) is 2. The molecule has 0 aliphatic heterocycles. The molecule has 1 N–H and O–H groups in total. The van der Waals surface area contributed by atoms with Crippen LogP contribution in [0.1, 0.15) is 21.6 Å². The van der Waals surface area contributed by atoms with Gasteiger partial charge >= 0.3 is 0 Å². The SMILES string of the molecule is COc1ccc(Cn2c(C(=O)NCc3ccncc3)cc3sc(Br)cc32)cc1. The van der Waals surface area contributed by atoms with Gasteiger partial charge in [-0.1, -0.05) is 12.1 Å². The number of carbonyl (C=O) groups excluding carboxylic acids is 1. The van der Waals surface area contributed by atoms with Gasteiger partial charge in [-0.15, -0.1) is 11.3 Å². The summed E-state index contributed by atoms with van der Waals surface area (Å²) in [6.45, 7) is 1.07. The Morgan fingerprint density at radius 1 is 1.14 bits per heavy atom. The average Bonchev–Trinajstić information content (AvgIpc) is 3.24. The molecule has 0 bridgehead atoms. The fourth-order valence-corrected chi connectivity index (χ4v) is 4.62. The molecule has 1 aromatic carbocycles. The molecule has 0 spiro atoms. The van der Waals surface area contributed by atoms with Gasteiger partial charge in [0.25, 0.3) is 5.91 Å². The number of rotatable bonds is 6. The molecule has 0 saturated heterocycles. The van der Waals surface area contributed by atoms with E-state index in [0.29, 0.717) is 18.8 Å². The van der Waals surface area contributed by atoms with Crippen LogP contribution in [-0.2, 0) is 13.1 Å². The van der Waals surface area contributed by atoms with E-state index < -0.39 is 0 Å². The van der Waals surface area contributed by atoms with Gasteiger partial charge < -0.3 is 14.6 Å². The number of benzene rings is 1. The summed E-state index contributed by atoms with van der Waals surface area (Å²) < 4.78 is 9.41. The first kappa shape index (κ1) is 18.7. The van der Waals surface area contributed by atoms with E-state index in [1.54, 1.807) is 30.8 Å². The number of pyridine rings is 1. The van der Waals surface area contributed by atoms with Gasteiger partial charge in [-0.05, 0) is 63.5 Å². The van der Waals surface area contributed by atoms with E-state index in [1.165, 1.54) is 0 Å². The first-order valence-electron chi connectivity index (χ1n) is 8.72. The summed E-state index contributed by atoms with van der Waals surface area (Å²) in [5.74, 6) is 0.722. The molecule has 0 radical (unpaired) electrons. The second kappa shape index (κ2) is 8.16. The summed E-state index contributed by atoms with van der Waals surface area (Å²) in [5.41, 5.74) is 3.81. The van der Waals surface area contributed by atoms with E-state index in [4.69, 9.17) is 4.74 Å². The Kier molecular flexibility index (Phi) is 5.45. The third-order valence-electron chi connectivity index (χ3n) is 4.49. The number of aromatic nitrogens is 2. The van der Waals surface area contributed by atoms with Crippen LogP contribution in [0.5, 0.6) is 5.75 Å². The van der Waals surface area contributed by atoms with Crippen LogP contribution in [-0.4, -0.2) is 22.6 Å². The summed E-state index contributed by atoms with van der Waals surface area (Å²) >= 11 is 5.17. The zero-order chi connectivity index (χ0) is 19.5. The average molecular weight is 456 g/mol. The molecule has 0 aliphatic carbocycles. The highest BCUT2D eigenvalue weighted by atomic mass is 79.9. The van der Waals surface area contributed by atoms with Crippen LogP contribution in [0.3, 0.4) is 0 Å². The topological polar surface area (TPSA) is 56.1 Å². The number of thiophene rings is 1. The number of fused-ring (bicyclic) bond motifs is 1. The number of methoxy groups -OCH3 is 1. The van der Waals surface area contributed by atoms with Crippen molar-refractivity contribution in [2.45, 2.75) is 13.1 Å². The van der Waals surface area contributed by atoms with Crippen molar-refractivity contribution in [3.63, 3.8) is 0 Å². The van der Waals surface area contributed by atoms with Crippen LogP contribution >= 0.6 is 27.3 Å². The van der Waals surface area contributed by atoms with E-state index in [-0.39, 0.29) is 5.91 Å². The summed E-state index contributed by atoms with van der Waals surface area (Å²) in [6, 6.07) is 15.7. The molecule has 0 aliphatic rings. The number of halogens is 1. The summed E-state index contributed by atoms with van der Waals surface area (Å²) in [4.78, 5) is 16.9. The van der Waals surface area contributed by atoms with Crippen molar-refractivity contribution in [1.82, 2.24) is 14.9 Å². The monoisotopic (exact) mass is 455 g/mol. The van der Waals surface area contributed by atoms with E-state index in [2.05, 4.69) is 36.9 Å². The van der Waals surface area contributed by atoms with Crippen molar-refractivity contribution < 1.29 is 9.53 Å². The molecule has 0 unspecified atom stereocenters. The fraction of sp³-hybridized carbons (Fsp3) is 0.143. The van der Waals surface area contributed by atoms with Gasteiger partial charge in [-0.2, -0.15) is 0 Å². The van der Waals surface area contributed by atoms with Crippen molar-refractivity contribution in [1.29, 1.82) is 0 Å². The van der Waals surface area contributed by atoms with Gasteiger partial charge in [0.1, 0.15) is 11.4 Å². The van der Waals surface area contributed by atoms with Crippen LogP contribution in [0.2, 0.25) is 0 Å². The third kappa shape index (κ3) is 3.95. The van der Waals surface area contributed by atoms with E-state index in [9.17, 15) is 4.79 Å². The number of ether oxygens (including phenoxy) is 1. The predicted octanol–water partition coefficient (Wildman–Crippen LogP) is 4.85. The molecule has 4 rings (SSSR count). The molecule has 0 fully saturated rings. The molecular weight excluding hydrogens is 438 g/mol. The molecular formula is C21H18BrN3O2S. The van der Waals surface area contributed by atoms with Gasteiger partial charge in [-0.3, -0.25) is 9.78 Å². The van der Waals surface area contributed by atoms with E-state index in [0.717, 1.165) is 30.9 Å². The Morgan fingerprint density at radius 2 is 1.89 bits per heavy atom. The van der Waals surface area contributed by atoms with Gasteiger partial charge in [0.05, 0.1) is 21.1 Å². The molecule has 5 nitrogen and oxygen atoms in total. The highest BCUT2D eigenvalue weighted by molar-refractivity contribution is 9.11. The van der Waals surface area contributed by atoms with Gasteiger partial charge in [-0.25, -0.2) is 0 Å². The molecule has 7 heteroatoms. The van der Waals surface area contributed by atoms with Crippen molar-refractivity contribution in [2.24, 2.45) is 0 Å².